The third kappa shape index (κ3) is 4.09. The van der Waals surface area contributed by atoms with Crippen molar-refractivity contribution in [2.75, 3.05) is 0 Å². The first kappa shape index (κ1) is 14.1. The lowest BCUT2D eigenvalue weighted by Gasteiger charge is -2.18. The lowest BCUT2D eigenvalue weighted by Crippen LogP contribution is -2.32. The molecular formula is C6H6Cl4O4. The normalized spacial score (nSPS) is 12.6. The van der Waals surface area contributed by atoms with Crippen molar-refractivity contribution in [3.05, 3.63) is 0 Å². The van der Waals surface area contributed by atoms with Crippen LogP contribution in [-0.2, 0) is 9.59 Å². The monoisotopic (exact) mass is 282 g/mol. The van der Waals surface area contributed by atoms with Gasteiger partial charge in [0.1, 0.15) is 0 Å². The molecule has 0 fully saturated rings. The van der Waals surface area contributed by atoms with E-state index < -0.39 is 20.6 Å². The molecule has 0 atom stereocenters. The molecule has 14 heavy (non-hydrogen) atoms. The number of carbonyl (C=O) groups is 2. The second kappa shape index (κ2) is 4.75. The lowest BCUT2D eigenvalue weighted by molar-refractivity contribution is -0.140. The lowest BCUT2D eigenvalue weighted by atomic mass is 10.1. The second-order valence-corrected chi connectivity index (χ2v) is 5.49. The van der Waals surface area contributed by atoms with Gasteiger partial charge in [-0.2, -0.15) is 0 Å². The second-order valence-electron chi connectivity index (χ2n) is 2.52. The van der Waals surface area contributed by atoms with Gasteiger partial charge < -0.3 is 10.2 Å². The molecule has 0 aliphatic carbocycles. The number of hydrogen-bond acceptors (Lipinski definition) is 2. The molecular weight excluding hydrogens is 278 g/mol. The summed E-state index contributed by atoms with van der Waals surface area (Å²) in [6.45, 7) is 0. The van der Waals surface area contributed by atoms with Gasteiger partial charge >= 0.3 is 11.9 Å². The van der Waals surface area contributed by atoms with E-state index in [9.17, 15) is 9.59 Å². The highest BCUT2D eigenvalue weighted by molar-refractivity contribution is 6.58. The average Bonchev–Trinajstić information content (AvgIpc) is 2.01. The minimum atomic E-state index is -2.08. The number of aliphatic carboxylic acids is 2. The molecule has 0 aromatic carbocycles. The van der Waals surface area contributed by atoms with Crippen molar-refractivity contribution in [2.45, 2.75) is 21.5 Å². The Morgan fingerprint density at radius 2 is 1.07 bits per heavy atom. The molecule has 0 spiro atoms. The first-order valence-electron chi connectivity index (χ1n) is 3.32. The van der Waals surface area contributed by atoms with Crippen molar-refractivity contribution in [1.29, 1.82) is 0 Å². The first-order valence-corrected chi connectivity index (χ1v) is 4.83. The zero-order chi connectivity index (χ0) is 11.6. The molecule has 0 aromatic heterocycles. The van der Waals surface area contributed by atoms with E-state index >= 15 is 0 Å². The summed E-state index contributed by atoms with van der Waals surface area (Å²) in [6, 6.07) is 0. The SMILES string of the molecule is O=C(O)C(Cl)(Cl)CCC(Cl)(Cl)C(=O)O. The standard InChI is InChI=1S/C6H6Cl4O4/c7-5(8,3(11)12)1-2-6(9,10)4(13)14/h1-2H2,(H,11,12)(H,13,14). The van der Waals surface area contributed by atoms with Crippen LogP contribution >= 0.6 is 46.4 Å². The van der Waals surface area contributed by atoms with Crippen LogP contribution in [0.15, 0.2) is 0 Å². The van der Waals surface area contributed by atoms with Crippen LogP contribution in [0.2, 0.25) is 0 Å². The van der Waals surface area contributed by atoms with Gasteiger partial charge in [0.25, 0.3) is 0 Å². The van der Waals surface area contributed by atoms with Gasteiger partial charge in [0.15, 0.2) is 0 Å². The maximum Gasteiger partial charge on any atom is 0.340 e. The zero-order valence-electron chi connectivity index (χ0n) is 6.64. The smallest absolute Gasteiger partial charge is 0.340 e. The number of halogens is 4. The Bertz CT molecular complexity index is 224. The van der Waals surface area contributed by atoms with Crippen LogP contribution in [0.3, 0.4) is 0 Å². The van der Waals surface area contributed by atoms with Gasteiger partial charge in [0, 0.05) is 0 Å². The first-order chi connectivity index (χ1) is 6.09. The molecule has 0 aromatic rings. The Morgan fingerprint density at radius 3 is 1.21 bits per heavy atom. The Balaban J connectivity index is 4.32. The summed E-state index contributed by atoms with van der Waals surface area (Å²) in [5.74, 6) is -2.95. The third-order valence-electron chi connectivity index (χ3n) is 1.38. The summed E-state index contributed by atoms with van der Waals surface area (Å²) < 4.78 is -4.16. The summed E-state index contributed by atoms with van der Waals surface area (Å²) in [5, 5.41) is 17.0. The molecule has 0 bridgehead atoms. The molecule has 0 heterocycles. The minimum absolute atomic E-state index is 0.370. The fourth-order valence-electron chi connectivity index (χ4n) is 0.528. The summed E-state index contributed by atoms with van der Waals surface area (Å²) in [7, 11) is 0. The van der Waals surface area contributed by atoms with Crippen LogP contribution in [-0.4, -0.2) is 30.8 Å². The van der Waals surface area contributed by atoms with E-state index in [0.29, 0.717) is 0 Å². The Kier molecular flexibility index (Phi) is 4.78. The third-order valence-corrected chi connectivity index (χ3v) is 2.78. The predicted octanol–water partition coefficient (Wildman–Crippen LogP) is 2.28. The van der Waals surface area contributed by atoms with Crippen molar-refractivity contribution in [2.24, 2.45) is 0 Å². The molecule has 0 amide bonds. The number of carboxylic acid groups (broad SMARTS) is 2. The van der Waals surface area contributed by atoms with Crippen molar-refractivity contribution in [3.63, 3.8) is 0 Å². The molecule has 0 radical (unpaired) electrons. The number of alkyl halides is 4. The summed E-state index contributed by atoms with van der Waals surface area (Å²) >= 11 is 21.4. The van der Waals surface area contributed by atoms with Gasteiger partial charge in [-0.15, -0.1) is 0 Å². The van der Waals surface area contributed by atoms with E-state index in [2.05, 4.69) is 0 Å². The van der Waals surface area contributed by atoms with Crippen LogP contribution in [0.5, 0.6) is 0 Å². The summed E-state index contributed by atoms with van der Waals surface area (Å²) in [6.07, 6.45) is -0.741. The maximum absolute atomic E-state index is 10.4. The largest absolute Gasteiger partial charge is 0.479 e. The molecule has 4 nitrogen and oxygen atoms in total. The average molecular weight is 284 g/mol. The molecule has 0 aliphatic rings. The Morgan fingerprint density at radius 1 is 0.857 bits per heavy atom. The zero-order valence-corrected chi connectivity index (χ0v) is 9.66. The fourth-order valence-corrected chi connectivity index (χ4v) is 0.906. The van der Waals surface area contributed by atoms with Gasteiger partial charge in [-0.25, -0.2) is 9.59 Å². The van der Waals surface area contributed by atoms with E-state index in [0.717, 1.165) is 0 Å². The van der Waals surface area contributed by atoms with Crippen LogP contribution in [0.25, 0.3) is 0 Å². The number of carboxylic acids is 2. The van der Waals surface area contributed by atoms with Crippen LogP contribution in [0.4, 0.5) is 0 Å². The molecule has 0 saturated heterocycles. The van der Waals surface area contributed by atoms with Crippen molar-refractivity contribution >= 4 is 58.3 Å². The van der Waals surface area contributed by atoms with Crippen LogP contribution in [0, 0.1) is 0 Å². The highest BCUT2D eigenvalue weighted by Gasteiger charge is 2.40. The van der Waals surface area contributed by atoms with E-state index in [-0.39, 0.29) is 12.8 Å². The molecule has 0 rings (SSSR count). The quantitative estimate of drug-likeness (QED) is 0.759. The van der Waals surface area contributed by atoms with Gasteiger partial charge in [-0.3, -0.25) is 0 Å². The molecule has 2 N–H and O–H groups in total. The topological polar surface area (TPSA) is 74.6 Å². The van der Waals surface area contributed by atoms with Gasteiger partial charge in [0.05, 0.1) is 0 Å². The van der Waals surface area contributed by atoms with E-state index in [4.69, 9.17) is 56.6 Å². The van der Waals surface area contributed by atoms with Crippen molar-refractivity contribution in [3.8, 4) is 0 Å². The van der Waals surface area contributed by atoms with E-state index in [1.807, 2.05) is 0 Å². The predicted molar refractivity (Wildman–Crippen MR) is 53.4 cm³/mol. The van der Waals surface area contributed by atoms with Gasteiger partial charge in [0.2, 0.25) is 8.67 Å². The van der Waals surface area contributed by atoms with Crippen LogP contribution in [0.1, 0.15) is 12.8 Å². The molecule has 0 saturated carbocycles. The molecule has 0 aliphatic heterocycles. The van der Waals surface area contributed by atoms with E-state index in [1.165, 1.54) is 0 Å². The van der Waals surface area contributed by atoms with Crippen molar-refractivity contribution in [1.82, 2.24) is 0 Å². The van der Waals surface area contributed by atoms with E-state index in [1.54, 1.807) is 0 Å². The summed E-state index contributed by atoms with van der Waals surface area (Å²) in [5.41, 5.74) is 0. The minimum Gasteiger partial charge on any atom is -0.479 e. The fraction of sp³-hybridized carbons (Fsp3) is 0.667. The number of hydrogen-bond donors (Lipinski definition) is 2. The summed E-state index contributed by atoms with van der Waals surface area (Å²) in [4.78, 5) is 20.8. The van der Waals surface area contributed by atoms with Crippen LogP contribution < -0.4 is 0 Å². The molecule has 0 unspecified atom stereocenters. The molecule has 82 valence electrons. The van der Waals surface area contributed by atoms with Crippen molar-refractivity contribution < 1.29 is 19.8 Å². The Hall–Kier alpha value is 0.1000. The van der Waals surface area contributed by atoms with Gasteiger partial charge in [-0.05, 0) is 12.8 Å². The van der Waals surface area contributed by atoms with Gasteiger partial charge in [-0.1, -0.05) is 46.4 Å². The Labute approximate surface area is 99.7 Å². The highest BCUT2D eigenvalue weighted by Crippen LogP contribution is 2.35. The highest BCUT2D eigenvalue weighted by atomic mass is 35.5. The number of rotatable bonds is 5. The maximum atomic E-state index is 10.4. The molecule has 8 heteroatoms.